The number of hydrogen-bond acceptors (Lipinski definition) is 5. The summed E-state index contributed by atoms with van der Waals surface area (Å²) in [6.45, 7) is 2.81. The van der Waals surface area contributed by atoms with Gasteiger partial charge in [0.05, 0.1) is 5.56 Å². The third kappa shape index (κ3) is 3.00. The Morgan fingerprint density at radius 1 is 1.33 bits per heavy atom. The summed E-state index contributed by atoms with van der Waals surface area (Å²) in [5.41, 5.74) is 0.716. The van der Waals surface area contributed by atoms with Gasteiger partial charge in [-0.05, 0) is 31.9 Å². The van der Waals surface area contributed by atoms with Crippen molar-refractivity contribution in [2.45, 2.75) is 45.1 Å². The lowest BCUT2D eigenvalue weighted by Gasteiger charge is -2.24. The number of anilines is 1. The monoisotopic (exact) mass is 304 g/mol. The lowest BCUT2D eigenvalue weighted by atomic mass is 9.95. The van der Waals surface area contributed by atoms with Crippen molar-refractivity contribution in [2.75, 3.05) is 11.9 Å². The van der Waals surface area contributed by atoms with E-state index in [0.29, 0.717) is 16.6 Å². The standard InChI is InChI=1S/C15H20N4OS/c1-2-16-15-18-17-13(21-15)12-9-6-10-19(14(12)20)11-7-4-3-5-8-11/h6,9-11H,2-5,7-8H2,1H3,(H,16,18). The van der Waals surface area contributed by atoms with E-state index < -0.39 is 0 Å². The van der Waals surface area contributed by atoms with E-state index in [4.69, 9.17) is 0 Å². The molecule has 0 radical (unpaired) electrons. The maximum absolute atomic E-state index is 12.7. The van der Waals surface area contributed by atoms with Gasteiger partial charge in [0.2, 0.25) is 5.13 Å². The van der Waals surface area contributed by atoms with Gasteiger partial charge in [0.15, 0.2) is 5.01 Å². The molecule has 5 nitrogen and oxygen atoms in total. The second-order valence-electron chi connectivity index (χ2n) is 5.37. The Balaban J connectivity index is 1.93. The second kappa shape index (κ2) is 6.39. The summed E-state index contributed by atoms with van der Waals surface area (Å²) in [4.78, 5) is 12.7. The third-order valence-electron chi connectivity index (χ3n) is 3.93. The van der Waals surface area contributed by atoms with Gasteiger partial charge in [-0.15, -0.1) is 10.2 Å². The van der Waals surface area contributed by atoms with Gasteiger partial charge in [0, 0.05) is 18.8 Å². The van der Waals surface area contributed by atoms with E-state index >= 15 is 0 Å². The van der Waals surface area contributed by atoms with Gasteiger partial charge in [0.1, 0.15) is 0 Å². The minimum Gasteiger partial charge on any atom is -0.360 e. The molecule has 0 aliphatic heterocycles. The Bertz CT molecular complexity index is 658. The van der Waals surface area contributed by atoms with Crippen LogP contribution in [0, 0.1) is 0 Å². The van der Waals surface area contributed by atoms with Crippen LogP contribution in [0.2, 0.25) is 0 Å². The molecule has 0 atom stereocenters. The molecule has 0 bridgehead atoms. The number of rotatable bonds is 4. The molecule has 3 rings (SSSR count). The molecule has 1 N–H and O–H groups in total. The highest BCUT2D eigenvalue weighted by atomic mass is 32.1. The van der Waals surface area contributed by atoms with Gasteiger partial charge in [-0.25, -0.2) is 0 Å². The molecule has 2 aromatic rings. The largest absolute Gasteiger partial charge is 0.360 e. The quantitative estimate of drug-likeness (QED) is 0.941. The fourth-order valence-electron chi connectivity index (χ4n) is 2.87. The topological polar surface area (TPSA) is 59.8 Å². The van der Waals surface area contributed by atoms with Crippen LogP contribution < -0.4 is 10.9 Å². The molecule has 0 amide bonds. The Labute approximate surface area is 128 Å². The molecular formula is C15H20N4OS. The summed E-state index contributed by atoms with van der Waals surface area (Å²) in [5, 5.41) is 12.8. The van der Waals surface area contributed by atoms with Crippen LogP contribution in [-0.2, 0) is 0 Å². The summed E-state index contributed by atoms with van der Waals surface area (Å²) in [5.74, 6) is 0. The van der Waals surface area contributed by atoms with Crippen molar-refractivity contribution in [3.05, 3.63) is 28.7 Å². The normalized spacial score (nSPS) is 16.0. The molecule has 1 aliphatic rings. The van der Waals surface area contributed by atoms with Crippen LogP contribution in [0.1, 0.15) is 45.1 Å². The molecule has 2 aromatic heterocycles. The van der Waals surface area contributed by atoms with Crippen LogP contribution in [0.3, 0.4) is 0 Å². The van der Waals surface area contributed by atoms with E-state index in [1.165, 1.54) is 30.6 Å². The zero-order valence-electron chi connectivity index (χ0n) is 12.2. The van der Waals surface area contributed by atoms with E-state index in [1.807, 2.05) is 29.8 Å². The average molecular weight is 304 g/mol. The summed E-state index contributed by atoms with van der Waals surface area (Å²) < 4.78 is 1.89. The van der Waals surface area contributed by atoms with Gasteiger partial charge in [-0.3, -0.25) is 4.79 Å². The first-order valence-corrected chi connectivity index (χ1v) is 8.40. The number of nitrogens with one attached hydrogen (secondary N) is 1. The van der Waals surface area contributed by atoms with Crippen molar-refractivity contribution < 1.29 is 0 Å². The highest BCUT2D eigenvalue weighted by Gasteiger charge is 2.18. The van der Waals surface area contributed by atoms with E-state index in [-0.39, 0.29) is 5.56 Å². The fourth-order valence-corrected chi connectivity index (χ4v) is 3.70. The minimum absolute atomic E-state index is 0.0589. The van der Waals surface area contributed by atoms with Crippen LogP contribution in [0.5, 0.6) is 0 Å². The predicted molar refractivity (Wildman–Crippen MR) is 85.9 cm³/mol. The molecule has 0 unspecified atom stereocenters. The molecule has 0 aromatic carbocycles. The highest BCUT2D eigenvalue weighted by molar-refractivity contribution is 7.18. The Morgan fingerprint density at radius 2 is 2.14 bits per heavy atom. The van der Waals surface area contributed by atoms with Crippen molar-refractivity contribution in [1.29, 1.82) is 0 Å². The molecule has 2 heterocycles. The number of nitrogens with zero attached hydrogens (tertiary/aromatic N) is 3. The number of aromatic nitrogens is 3. The van der Waals surface area contributed by atoms with Crippen LogP contribution in [0.4, 0.5) is 5.13 Å². The van der Waals surface area contributed by atoms with Crippen LogP contribution >= 0.6 is 11.3 Å². The predicted octanol–water partition coefficient (Wildman–Crippen LogP) is 3.30. The first-order chi connectivity index (χ1) is 10.3. The maximum atomic E-state index is 12.7. The molecular weight excluding hydrogens is 284 g/mol. The first kappa shape index (κ1) is 14.3. The fraction of sp³-hybridized carbons (Fsp3) is 0.533. The van der Waals surface area contributed by atoms with E-state index in [9.17, 15) is 4.79 Å². The molecule has 1 fully saturated rings. The van der Waals surface area contributed by atoms with Gasteiger partial charge in [-0.2, -0.15) is 0 Å². The van der Waals surface area contributed by atoms with E-state index in [0.717, 1.165) is 24.5 Å². The van der Waals surface area contributed by atoms with Crippen molar-refractivity contribution in [3.63, 3.8) is 0 Å². The van der Waals surface area contributed by atoms with Gasteiger partial charge >= 0.3 is 0 Å². The molecule has 0 saturated heterocycles. The SMILES string of the molecule is CCNc1nnc(-c2cccn(C3CCCCC3)c2=O)s1. The van der Waals surface area contributed by atoms with Gasteiger partial charge < -0.3 is 9.88 Å². The van der Waals surface area contributed by atoms with Crippen molar-refractivity contribution in [1.82, 2.24) is 14.8 Å². The summed E-state index contributed by atoms with van der Waals surface area (Å²) in [7, 11) is 0. The Hall–Kier alpha value is -1.69. The summed E-state index contributed by atoms with van der Waals surface area (Å²) in [6, 6.07) is 4.13. The van der Waals surface area contributed by atoms with Gasteiger partial charge in [0.25, 0.3) is 5.56 Å². The van der Waals surface area contributed by atoms with Crippen LogP contribution in [0.25, 0.3) is 10.6 Å². The van der Waals surface area contributed by atoms with E-state index in [2.05, 4.69) is 15.5 Å². The third-order valence-corrected chi connectivity index (χ3v) is 4.84. The molecule has 1 aliphatic carbocycles. The van der Waals surface area contributed by atoms with Crippen molar-refractivity contribution in [2.24, 2.45) is 0 Å². The van der Waals surface area contributed by atoms with E-state index in [1.54, 1.807) is 0 Å². The molecule has 0 spiro atoms. The van der Waals surface area contributed by atoms with Gasteiger partial charge in [-0.1, -0.05) is 30.6 Å². The summed E-state index contributed by atoms with van der Waals surface area (Å²) >= 11 is 1.43. The lowest BCUT2D eigenvalue weighted by Crippen LogP contribution is -2.26. The molecule has 112 valence electrons. The smallest absolute Gasteiger partial charge is 0.261 e. The molecule has 1 saturated carbocycles. The Morgan fingerprint density at radius 3 is 2.90 bits per heavy atom. The highest BCUT2D eigenvalue weighted by Crippen LogP contribution is 2.28. The average Bonchev–Trinajstić information content (AvgIpc) is 2.97. The first-order valence-electron chi connectivity index (χ1n) is 7.58. The summed E-state index contributed by atoms with van der Waals surface area (Å²) in [6.07, 6.45) is 7.82. The number of hydrogen-bond donors (Lipinski definition) is 1. The second-order valence-corrected chi connectivity index (χ2v) is 6.35. The maximum Gasteiger partial charge on any atom is 0.261 e. The van der Waals surface area contributed by atoms with Crippen molar-refractivity contribution >= 4 is 16.5 Å². The zero-order chi connectivity index (χ0) is 14.7. The van der Waals surface area contributed by atoms with Crippen molar-refractivity contribution in [3.8, 4) is 10.6 Å². The zero-order valence-corrected chi connectivity index (χ0v) is 13.0. The Kier molecular flexibility index (Phi) is 4.34. The molecule has 21 heavy (non-hydrogen) atoms. The number of pyridine rings is 1. The lowest BCUT2D eigenvalue weighted by molar-refractivity contribution is 0.346. The molecule has 6 heteroatoms. The minimum atomic E-state index is 0.0589. The van der Waals surface area contributed by atoms with Crippen LogP contribution in [0.15, 0.2) is 23.1 Å². The van der Waals surface area contributed by atoms with Crippen LogP contribution in [-0.4, -0.2) is 21.3 Å².